The average molecular weight is 390 g/mol. The van der Waals surface area contributed by atoms with Crippen LogP contribution in [0.1, 0.15) is 32.1 Å². The molecule has 8 nitrogen and oxygen atoms in total. The number of carbonyl (C=O) groups is 1. The lowest BCUT2D eigenvalue weighted by Crippen LogP contribution is -2.29. The van der Waals surface area contributed by atoms with E-state index in [0.29, 0.717) is 24.1 Å². The highest BCUT2D eigenvalue weighted by atomic mass is 16.5. The second-order valence-corrected chi connectivity index (χ2v) is 8.08. The first-order valence-electron chi connectivity index (χ1n) is 9.83. The Morgan fingerprint density at radius 3 is 3.03 bits per heavy atom. The largest absolute Gasteiger partial charge is 0.469 e. The Bertz CT molecular complexity index is 1150. The molecule has 0 radical (unpaired) electrons. The molecule has 2 fully saturated rings. The number of hydrogen-bond acceptors (Lipinski definition) is 5. The Balaban J connectivity index is 1.42. The minimum Gasteiger partial charge on any atom is -0.469 e. The molecule has 2 saturated carbocycles. The molecule has 3 heterocycles. The average Bonchev–Trinajstić information content (AvgIpc) is 3.00. The maximum atomic E-state index is 10.9. The Labute approximate surface area is 168 Å². The number of aromatic nitrogens is 5. The van der Waals surface area contributed by atoms with Crippen molar-refractivity contribution in [1.82, 2.24) is 24.4 Å². The molecule has 2 N–H and O–H groups in total. The van der Waals surface area contributed by atoms with Gasteiger partial charge in [0.1, 0.15) is 11.1 Å². The van der Waals surface area contributed by atoms with Crippen molar-refractivity contribution in [3.8, 4) is 29.0 Å². The molecule has 0 bridgehead atoms. The third-order valence-corrected chi connectivity index (χ3v) is 5.99. The van der Waals surface area contributed by atoms with Gasteiger partial charge in [0, 0.05) is 31.1 Å². The highest BCUT2D eigenvalue weighted by Crippen LogP contribution is 2.58. The standard InChI is InChI=1S/C21H22N6O2/c1-26-12-15(11-24-26)17-13-27-18(7-8-23-27)20(25-17)29-21-9-14(3-2-4-19(22)28)5-6-16(21)10-21/h7-8,11-14,16H,3,5-6,9-10H2,1H3,(H2,22,28)/t14-,16+,21+/m0/s1. The second kappa shape index (κ2) is 6.62. The number of nitrogens with two attached hydrogens (primary N) is 1. The zero-order valence-electron chi connectivity index (χ0n) is 16.2. The van der Waals surface area contributed by atoms with E-state index in [9.17, 15) is 4.79 Å². The van der Waals surface area contributed by atoms with E-state index in [2.05, 4.69) is 22.0 Å². The molecule has 29 heavy (non-hydrogen) atoms. The first-order valence-corrected chi connectivity index (χ1v) is 9.83. The quantitative estimate of drug-likeness (QED) is 0.686. The molecule has 2 aliphatic carbocycles. The van der Waals surface area contributed by atoms with Gasteiger partial charge >= 0.3 is 0 Å². The van der Waals surface area contributed by atoms with Crippen LogP contribution < -0.4 is 10.5 Å². The molecule has 0 aromatic carbocycles. The highest BCUT2D eigenvalue weighted by molar-refractivity contribution is 5.91. The summed E-state index contributed by atoms with van der Waals surface area (Å²) in [5.74, 6) is 6.35. The van der Waals surface area contributed by atoms with Crippen LogP contribution in [0.3, 0.4) is 0 Å². The maximum Gasteiger partial charge on any atom is 0.293 e. The summed E-state index contributed by atoms with van der Waals surface area (Å²) in [7, 11) is 1.88. The number of primary amides is 1. The van der Waals surface area contributed by atoms with Crippen molar-refractivity contribution in [2.75, 3.05) is 0 Å². The third-order valence-electron chi connectivity index (χ3n) is 5.99. The van der Waals surface area contributed by atoms with E-state index in [-0.39, 0.29) is 5.60 Å². The van der Waals surface area contributed by atoms with Crippen molar-refractivity contribution in [3.63, 3.8) is 0 Å². The lowest BCUT2D eigenvalue weighted by molar-refractivity contribution is -0.112. The number of nitrogens with zero attached hydrogens (tertiary/aromatic N) is 5. The molecule has 148 valence electrons. The molecule has 3 aromatic heterocycles. The van der Waals surface area contributed by atoms with Crippen LogP contribution in [0.15, 0.2) is 30.9 Å². The van der Waals surface area contributed by atoms with Gasteiger partial charge in [0.25, 0.3) is 5.91 Å². The zero-order valence-corrected chi connectivity index (χ0v) is 16.2. The van der Waals surface area contributed by atoms with Crippen molar-refractivity contribution in [2.45, 2.75) is 37.7 Å². The Hall–Kier alpha value is -3.34. The smallest absolute Gasteiger partial charge is 0.293 e. The van der Waals surface area contributed by atoms with E-state index >= 15 is 0 Å². The highest BCUT2D eigenvalue weighted by Gasteiger charge is 2.59. The molecule has 3 atom stereocenters. The Morgan fingerprint density at radius 2 is 2.24 bits per heavy atom. The van der Waals surface area contributed by atoms with Crippen LogP contribution in [0.4, 0.5) is 0 Å². The van der Waals surface area contributed by atoms with E-state index in [1.54, 1.807) is 21.6 Å². The SMILES string of the molecule is Cn1cc(-c2cn3nccc3c(O[C@@]34C[C@@H](CC#CC(N)=O)CC[C@@H]3C4)n2)cn1. The van der Waals surface area contributed by atoms with E-state index < -0.39 is 5.91 Å². The fourth-order valence-corrected chi connectivity index (χ4v) is 4.48. The van der Waals surface area contributed by atoms with Crippen molar-refractivity contribution in [2.24, 2.45) is 24.6 Å². The van der Waals surface area contributed by atoms with E-state index in [1.807, 2.05) is 25.5 Å². The van der Waals surface area contributed by atoms with E-state index in [0.717, 1.165) is 42.5 Å². The monoisotopic (exact) mass is 390 g/mol. The summed E-state index contributed by atoms with van der Waals surface area (Å²) in [4.78, 5) is 15.7. The van der Waals surface area contributed by atoms with Gasteiger partial charge in [-0.25, -0.2) is 9.50 Å². The van der Waals surface area contributed by atoms with Gasteiger partial charge in [0.15, 0.2) is 0 Å². The van der Waals surface area contributed by atoms with Gasteiger partial charge in [0.2, 0.25) is 5.88 Å². The van der Waals surface area contributed by atoms with Crippen LogP contribution in [0, 0.1) is 23.7 Å². The predicted octanol–water partition coefficient (Wildman–Crippen LogP) is 1.95. The minimum atomic E-state index is -0.574. The molecule has 0 saturated heterocycles. The number of carbonyl (C=O) groups excluding carboxylic acids is 1. The molecular formula is C21H22N6O2. The maximum absolute atomic E-state index is 10.9. The van der Waals surface area contributed by atoms with Gasteiger partial charge in [-0.05, 0) is 43.6 Å². The molecule has 2 aliphatic rings. The second-order valence-electron chi connectivity index (χ2n) is 8.08. The number of rotatable bonds is 4. The summed E-state index contributed by atoms with van der Waals surface area (Å²) in [6.07, 6.45) is 12.2. The Kier molecular flexibility index (Phi) is 4.05. The van der Waals surface area contributed by atoms with Gasteiger partial charge in [0.05, 0.1) is 24.3 Å². The van der Waals surface area contributed by atoms with Crippen molar-refractivity contribution >= 4 is 11.4 Å². The van der Waals surface area contributed by atoms with Crippen LogP contribution >= 0.6 is 0 Å². The fourth-order valence-electron chi connectivity index (χ4n) is 4.48. The lowest BCUT2D eigenvalue weighted by Gasteiger charge is -2.28. The molecule has 0 spiro atoms. The summed E-state index contributed by atoms with van der Waals surface area (Å²) >= 11 is 0. The van der Waals surface area contributed by atoms with Crippen LogP contribution in [0.5, 0.6) is 5.88 Å². The summed E-state index contributed by atoms with van der Waals surface area (Å²) < 4.78 is 10.1. The number of hydrogen-bond donors (Lipinski definition) is 1. The van der Waals surface area contributed by atoms with Gasteiger partial charge < -0.3 is 10.5 Å². The molecule has 0 unspecified atom stereocenters. The van der Waals surface area contributed by atoms with Crippen molar-refractivity contribution in [3.05, 3.63) is 30.9 Å². The molecule has 0 aliphatic heterocycles. The van der Waals surface area contributed by atoms with Gasteiger partial charge in [-0.1, -0.05) is 5.92 Å². The Morgan fingerprint density at radius 1 is 1.34 bits per heavy atom. The molecule has 8 heteroatoms. The number of fused-ring (bicyclic) bond motifs is 2. The summed E-state index contributed by atoms with van der Waals surface area (Å²) in [6, 6.07) is 1.92. The van der Waals surface area contributed by atoms with Gasteiger partial charge in [-0.3, -0.25) is 9.48 Å². The van der Waals surface area contributed by atoms with Crippen LogP contribution in [0.2, 0.25) is 0 Å². The number of amides is 1. The van der Waals surface area contributed by atoms with Gasteiger partial charge in [-0.15, -0.1) is 0 Å². The third kappa shape index (κ3) is 3.33. The van der Waals surface area contributed by atoms with Crippen LogP contribution in [-0.2, 0) is 11.8 Å². The number of aryl methyl sites for hydroxylation is 1. The van der Waals surface area contributed by atoms with Crippen molar-refractivity contribution in [1.29, 1.82) is 0 Å². The molecule has 1 amide bonds. The summed E-state index contributed by atoms with van der Waals surface area (Å²) in [5.41, 5.74) is 7.48. The topological polar surface area (TPSA) is 100 Å². The molecule has 3 aromatic rings. The number of ether oxygens (including phenoxy) is 1. The van der Waals surface area contributed by atoms with Crippen molar-refractivity contribution < 1.29 is 9.53 Å². The molecular weight excluding hydrogens is 368 g/mol. The summed E-state index contributed by atoms with van der Waals surface area (Å²) in [5, 5.41) is 8.62. The normalized spacial score (nSPS) is 25.1. The summed E-state index contributed by atoms with van der Waals surface area (Å²) in [6.45, 7) is 0. The first-order chi connectivity index (χ1) is 14.0. The fraction of sp³-hybridized carbons (Fsp3) is 0.429. The van der Waals surface area contributed by atoms with E-state index in [1.165, 1.54) is 0 Å². The zero-order chi connectivity index (χ0) is 20.0. The predicted molar refractivity (Wildman–Crippen MR) is 106 cm³/mol. The first kappa shape index (κ1) is 17.7. The minimum absolute atomic E-state index is 0.192. The van der Waals surface area contributed by atoms with E-state index in [4.69, 9.17) is 15.5 Å². The lowest BCUT2D eigenvalue weighted by atomic mass is 9.85. The van der Waals surface area contributed by atoms with Crippen LogP contribution in [0.25, 0.3) is 16.8 Å². The van der Waals surface area contributed by atoms with Crippen LogP contribution in [-0.4, -0.2) is 35.9 Å². The van der Waals surface area contributed by atoms with Gasteiger partial charge in [-0.2, -0.15) is 10.2 Å². The molecule has 5 rings (SSSR count).